The van der Waals surface area contributed by atoms with Gasteiger partial charge in [0.25, 0.3) is 0 Å². The predicted octanol–water partition coefficient (Wildman–Crippen LogP) is 5.56. The number of imidazole rings is 1. The fourth-order valence-electron chi connectivity index (χ4n) is 3.13. The number of thiophene rings is 1. The van der Waals surface area contributed by atoms with Crippen molar-refractivity contribution >= 4 is 27.6 Å². The molecule has 0 radical (unpaired) electrons. The van der Waals surface area contributed by atoms with Gasteiger partial charge in [0.1, 0.15) is 11.4 Å². The molecule has 0 aliphatic heterocycles. The third-order valence-corrected chi connectivity index (χ3v) is 6.02. The van der Waals surface area contributed by atoms with Gasteiger partial charge in [0.15, 0.2) is 4.96 Å². The second-order valence-corrected chi connectivity index (χ2v) is 7.93. The Labute approximate surface area is 159 Å². The molecule has 6 heteroatoms. The maximum atomic E-state index is 9.38. The number of hydrogen-bond donors (Lipinski definition) is 0. The summed E-state index contributed by atoms with van der Waals surface area (Å²) in [5, 5.41) is 11.4. The Kier molecular flexibility index (Phi) is 4.49. The number of ether oxygens (including phenoxy) is 1. The van der Waals surface area contributed by atoms with Gasteiger partial charge < -0.3 is 4.74 Å². The lowest BCUT2D eigenvalue weighted by Crippen LogP contribution is -1.96. The second-order valence-electron chi connectivity index (χ2n) is 5.80. The van der Waals surface area contributed by atoms with Crippen molar-refractivity contribution < 1.29 is 4.74 Å². The van der Waals surface area contributed by atoms with Gasteiger partial charge in [-0.1, -0.05) is 6.07 Å². The van der Waals surface area contributed by atoms with Crippen LogP contribution >= 0.6 is 22.7 Å². The molecule has 0 aliphatic carbocycles. The molecule has 0 unspecified atom stereocenters. The van der Waals surface area contributed by atoms with Crippen molar-refractivity contribution in [2.24, 2.45) is 0 Å². The zero-order valence-corrected chi connectivity index (χ0v) is 16.2. The van der Waals surface area contributed by atoms with Crippen LogP contribution in [-0.2, 0) is 6.42 Å². The summed E-state index contributed by atoms with van der Waals surface area (Å²) >= 11 is 3.31. The quantitative estimate of drug-likeness (QED) is 0.456. The summed E-state index contributed by atoms with van der Waals surface area (Å²) in [5.74, 6) is 0.863. The summed E-state index contributed by atoms with van der Waals surface area (Å²) in [6.07, 6.45) is 0.328. The number of thiazole rings is 1. The molecule has 0 N–H and O–H groups in total. The summed E-state index contributed by atoms with van der Waals surface area (Å²) < 4.78 is 7.70. The molecular formula is C20H17N3OS2. The van der Waals surface area contributed by atoms with Crippen molar-refractivity contribution in [1.29, 1.82) is 5.26 Å². The molecule has 0 saturated heterocycles. The van der Waals surface area contributed by atoms with E-state index in [9.17, 15) is 5.26 Å². The fraction of sp³-hybridized carbons (Fsp3) is 0.200. The highest BCUT2D eigenvalue weighted by Crippen LogP contribution is 2.37. The molecule has 0 bridgehead atoms. The smallest absolute Gasteiger partial charge is 0.195 e. The zero-order valence-electron chi connectivity index (χ0n) is 14.5. The maximum Gasteiger partial charge on any atom is 0.195 e. The van der Waals surface area contributed by atoms with E-state index in [-0.39, 0.29) is 0 Å². The molecule has 0 atom stereocenters. The molecule has 0 aliphatic rings. The minimum atomic E-state index is 0.328. The van der Waals surface area contributed by atoms with Gasteiger partial charge in [-0.25, -0.2) is 4.98 Å². The number of nitrogens with zero attached hydrogens (tertiary/aromatic N) is 3. The Morgan fingerprint density at radius 1 is 1.23 bits per heavy atom. The first-order valence-corrected chi connectivity index (χ1v) is 10.1. The van der Waals surface area contributed by atoms with E-state index in [1.54, 1.807) is 22.7 Å². The van der Waals surface area contributed by atoms with Crippen LogP contribution in [0.25, 0.3) is 26.8 Å². The van der Waals surface area contributed by atoms with E-state index in [2.05, 4.69) is 35.6 Å². The Morgan fingerprint density at radius 3 is 2.69 bits per heavy atom. The molecule has 0 saturated carbocycles. The van der Waals surface area contributed by atoms with Gasteiger partial charge in [0.2, 0.25) is 0 Å². The number of nitriles is 1. The molecule has 0 spiro atoms. The monoisotopic (exact) mass is 379 g/mol. The van der Waals surface area contributed by atoms with Crippen LogP contribution in [0.1, 0.15) is 17.5 Å². The van der Waals surface area contributed by atoms with E-state index in [4.69, 9.17) is 9.72 Å². The van der Waals surface area contributed by atoms with Crippen LogP contribution in [-0.4, -0.2) is 16.0 Å². The van der Waals surface area contributed by atoms with E-state index in [1.807, 2.05) is 30.5 Å². The van der Waals surface area contributed by atoms with E-state index in [0.29, 0.717) is 13.0 Å². The first-order chi connectivity index (χ1) is 12.7. The van der Waals surface area contributed by atoms with Crippen molar-refractivity contribution in [2.75, 3.05) is 6.61 Å². The minimum Gasteiger partial charge on any atom is -0.494 e. The Morgan fingerprint density at radius 2 is 2.04 bits per heavy atom. The topological polar surface area (TPSA) is 50.3 Å². The molecule has 4 aromatic rings. The van der Waals surface area contributed by atoms with E-state index in [1.165, 1.54) is 4.88 Å². The average Bonchev–Trinajstić information content (AvgIpc) is 3.33. The van der Waals surface area contributed by atoms with Gasteiger partial charge >= 0.3 is 0 Å². The first-order valence-electron chi connectivity index (χ1n) is 8.37. The van der Waals surface area contributed by atoms with Crippen LogP contribution in [0.5, 0.6) is 5.75 Å². The zero-order chi connectivity index (χ0) is 18.1. The third kappa shape index (κ3) is 2.79. The fourth-order valence-corrected chi connectivity index (χ4v) is 4.87. The standard InChI is InChI=1S/C20H17N3OS2/c1-3-24-15-8-6-14(7-9-15)19-13(2)26-20-22-18(17-5-4-12-25-17)16(10-11-21)23(19)20/h4-9,12H,3,10H2,1-2H3. The molecule has 3 aromatic heterocycles. The van der Waals surface area contributed by atoms with Crippen LogP contribution in [0, 0.1) is 18.3 Å². The lowest BCUT2D eigenvalue weighted by molar-refractivity contribution is 0.340. The van der Waals surface area contributed by atoms with Crippen molar-refractivity contribution in [3.8, 4) is 33.6 Å². The highest BCUT2D eigenvalue weighted by molar-refractivity contribution is 7.17. The van der Waals surface area contributed by atoms with Crippen molar-refractivity contribution in [3.63, 3.8) is 0 Å². The molecule has 26 heavy (non-hydrogen) atoms. The molecule has 0 amide bonds. The molecular weight excluding hydrogens is 362 g/mol. The summed E-state index contributed by atoms with van der Waals surface area (Å²) in [7, 11) is 0. The van der Waals surface area contributed by atoms with Gasteiger partial charge in [-0.2, -0.15) is 5.26 Å². The number of rotatable bonds is 5. The van der Waals surface area contributed by atoms with Gasteiger partial charge in [0, 0.05) is 4.88 Å². The summed E-state index contributed by atoms with van der Waals surface area (Å²) in [6, 6.07) is 14.5. The first kappa shape index (κ1) is 16.8. The summed E-state index contributed by atoms with van der Waals surface area (Å²) in [5.41, 5.74) is 4.08. The maximum absolute atomic E-state index is 9.38. The second kappa shape index (κ2) is 6.94. The number of benzene rings is 1. The van der Waals surface area contributed by atoms with Crippen LogP contribution in [0.4, 0.5) is 0 Å². The van der Waals surface area contributed by atoms with E-state index in [0.717, 1.165) is 38.2 Å². The van der Waals surface area contributed by atoms with Gasteiger partial charge in [-0.05, 0) is 55.1 Å². The molecule has 4 rings (SSSR count). The highest BCUT2D eigenvalue weighted by atomic mass is 32.1. The Hall–Kier alpha value is -2.62. The predicted molar refractivity (Wildman–Crippen MR) is 107 cm³/mol. The Balaban J connectivity index is 1.92. The number of fused-ring (bicyclic) bond motifs is 1. The highest BCUT2D eigenvalue weighted by Gasteiger charge is 2.21. The van der Waals surface area contributed by atoms with Gasteiger partial charge in [0.05, 0.1) is 35.4 Å². The SMILES string of the molecule is CCOc1ccc(-c2c(C)sc3nc(-c4cccs4)c(CC#N)n23)cc1. The molecule has 3 heterocycles. The van der Waals surface area contributed by atoms with Crippen LogP contribution < -0.4 is 4.74 Å². The van der Waals surface area contributed by atoms with Crippen molar-refractivity contribution in [1.82, 2.24) is 9.38 Å². The lowest BCUT2D eigenvalue weighted by atomic mass is 10.1. The lowest BCUT2D eigenvalue weighted by Gasteiger charge is -2.07. The van der Waals surface area contributed by atoms with Crippen LogP contribution in [0.3, 0.4) is 0 Å². The molecule has 0 fully saturated rings. The average molecular weight is 380 g/mol. The normalized spacial score (nSPS) is 11.0. The van der Waals surface area contributed by atoms with Crippen molar-refractivity contribution in [2.45, 2.75) is 20.3 Å². The van der Waals surface area contributed by atoms with E-state index >= 15 is 0 Å². The van der Waals surface area contributed by atoms with Gasteiger partial charge in [-0.3, -0.25) is 4.40 Å². The largest absolute Gasteiger partial charge is 0.494 e. The molecule has 4 nitrogen and oxygen atoms in total. The third-order valence-electron chi connectivity index (χ3n) is 4.18. The summed E-state index contributed by atoms with van der Waals surface area (Å²) in [4.78, 5) is 8.06. The number of aryl methyl sites for hydroxylation is 1. The van der Waals surface area contributed by atoms with Crippen LogP contribution in [0.15, 0.2) is 41.8 Å². The minimum absolute atomic E-state index is 0.328. The number of aromatic nitrogens is 2. The summed E-state index contributed by atoms with van der Waals surface area (Å²) in [6.45, 7) is 4.73. The molecule has 1 aromatic carbocycles. The van der Waals surface area contributed by atoms with Crippen LogP contribution in [0.2, 0.25) is 0 Å². The van der Waals surface area contributed by atoms with E-state index < -0.39 is 0 Å². The molecule has 130 valence electrons. The van der Waals surface area contributed by atoms with Gasteiger partial charge in [-0.15, -0.1) is 22.7 Å². The van der Waals surface area contributed by atoms with Crippen molar-refractivity contribution in [3.05, 3.63) is 52.3 Å². The number of hydrogen-bond acceptors (Lipinski definition) is 5. The Bertz CT molecular complexity index is 1080.